The second-order valence-corrected chi connectivity index (χ2v) is 6.66. The highest BCUT2D eigenvalue weighted by molar-refractivity contribution is 7.90. The van der Waals surface area contributed by atoms with Crippen molar-refractivity contribution >= 4 is 10.0 Å². The maximum atomic E-state index is 11.8. The van der Waals surface area contributed by atoms with Crippen LogP contribution >= 0.6 is 0 Å². The summed E-state index contributed by atoms with van der Waals surface area (Å²) in [5.41, 5.74) is 1.70. The molecule has 0 spiro atoms. The lowest BCUT2D eigenvalue weighted by atomic mass is 10.1. The average molecular weight is 279 g/mol. The van der Waals surface area contributed by atoms with Crippen molar-refractivity contribution in [1.29, 1.82) is 0 Å². The van der Waals surface area contributed by atoms with Crippen LogP contribution in [0.5, 0.6) is 0 Å². The molecule has 0 radical (unpaired) electrons. The van der Waals surface area contributed by atoms with Crippen LogP contribution in [-0.4, -0.2) is 25.4 Å². The van der Waals surface area contributed by atoms with Gasteiger partial charge in [-0.1, -0.05) is 24.0 Å². The van der Waals surface area contributed by atoms with E-state index in [1.54, 1.807) is 0 Å². The van der Waals surface area contributed by atoms with E-state index in [-0.39, 0.29) is 17.9 Å². The predicted octanol–water partition coefficient (Wildman–Crippen LogP) is 1.17. The molecule has 2 N–H and O–H groups in total. The zero-order valence-corrected chi connectivity index (χ0v) is 11.6. The summed E-state index contributed by atoms with van der Waals surface area (Å²) in [5, 5.41) is 8.40. The summed E-state index contributed by atoms with van der Waals surface area (Å²) < 4.78 is 26.3. The van der Waals surface area contributed by atoms with Crippen LogP contribution in [0.3, 0.4) is 0 Å². The van der Waals surface area contributed by atoms with Crippen molar-refractivity contribution in [2.24, 2.45) is 0 Å². The molecule has 1 atom stereocenters. The number of rotatable bonds is 4. The smallest absolute Gasteiger partial charge is 0.215 e. The number of aliphatic hydroxyl groups is 1. The minimum Gasteiger partial charge on any atom is -0.384 e. The van der Waals surface area contributed by atoms with E-state index < -0.39 is 10.0 Å². The first-order chi connectivity index (χ1) is 9.03. The molecule has 1 aliphatic carbocycles. The summed E-state index contributed by atoms with van der Waals surface area (Å²) in [6.07, 6.45) is 1.52. The van der Waals surface area contributed by atoms with Crippen molar-refractivity contribution in [3.8, 4) is 11.8 Å². The van der Waals surface area contributed by atoms with Crippen LogP contribution < -0.4 is 4.72 Å². The fraction of sp³-hybridized carbons (Fsp3) is 0.429. The summed E-state index contributed by atoms with van der Waals surface area (Å²) in [5.74, 6) is 5.37. The maximum absolute atomic E-state index is 11.8. The van der Waals surface area contributed by atoms with Gasteiger partial charge in [0, 0.05) is 11.6 Å². The normalized spacial score (nSPS) is 16.5. The molecule has 1 saturated carbocycles. The Morgan fingerprint density at radius 1 is 1.37 bits per heavy atom. The predicted molar refractivity (Wildman–Crippen MR) is 73.9 cm³/mol. The van der Waals surface area contributed by atoms with E-state index in [0.717, 1.165) is 24.0 Å². The first-order valence-corrected chi connectivity index (χ1v) is 7.78. The highest BCUT2D eigenvalue weighted by Crippen LogP contribution is 2.29. The van der Waals surface area contributed by atoms with E-state index in [2.05, 4.69) is 16.6 Å². The minimum atomic E-state index is -3.17. The van der Waals surface area contributed by atoms with Crippen LogP contribution in [0.1, 0.15) is 36.9 Å². The summed E-state index contributed by atoms with van der Waals surface area (Å²) in [6.45, 7) is 1.66. The standard InChI is InChI=1S/C14H17NO3S/c1-11(15-19(17,18)14-8-9-14)13-6-4-12(5-7-13)3-2-10-16/h4-7,11,14-16H,8-10H2,1H3. The van der Waals surface area contributed by atoms with Crippen molar-refractivity contribution in [1.82, 2.24) is 4.72 Å². The molecule has 0 aliphatic heterocycles. The minimum absolute atomic E-state index is 0.167. The van der Waals surface area contributed by atoms with Crippen molar-refractivity contribution < 1.29 is 13.5 Å². The lowest BCUT2D eigenvalue weighted by Crippen LogP contribution is -2.29. The third-order valence-electron chi connectivity index (χ3n) is 3.03. The Labute approximate surface area is 113 Å². The molecule has 1 aromatic rings. The maximum Gasteiger partial charge on any atom is 0.215 e. The van der Waals surface area contributed by atoms with Gasteiger partial charge >= 0.3 is 0 Å². The van der Waals surface area contributed by atoms with Crippen LogP contribution in [0.15, 0.2) is 24.3 Å². The molecule has 2 rings (SSSR count). The number of sulfonamides is 1. The molecule has 0 bridgehead atoms. The molecule has 0 saturated heterocycles. The molecule has 4 nitrogen and oxygen atoms in total. The fourth-order valence-electron chi connectivity index (χ4n) is 1.79. The molecule has 5 heteroatoms. The molecule has 1 aromatic carbocycles. The molecule has 1 unspecified atom stereocenters. The van der Waals surface area contributed by atoms with Gasteiger partial charge in [0.15, 0.2) is 0 Å². The van der Waals surface area contributed by atoms with Gasteiger partial charge in [-0.2, -0.15) is 0 Å². The number of nitrogens with one attached hydrogen (secondary N) is 1. The molecule has 102 valence electrons. The summed E-state index contributed by atoms with van der Waals surface area (Å²) in [7, 11) is -3.17. The Balaban J connectivity index is 2.05. The number of benzene rings is 1. The van der Waals surface area contributed by atoms with Gasteiger partial charge in [0.25, 0.3) is 0 Å². The van der Waals surface area contributed by atoms with E-state index in [4.69, 9.17) is 5.11 Å². The molecule has 1 aliphatic rings. The topological polar surface area (TPSA) is 66.4 Å². The van der Waals surface area contributed by atoms with Gasteiger partial charge in [-0.15, -0.1) is 0 Å². The van der Waals surface area contributed by atoms with Gasteiger partial charge in [-0.25, -0.2) is 13.1 Å². The van der Waals surface area contributed by atoms with E-state index in [1.807, 2.05) is 31.2 Å². The van der Waals surface area contributed by atoms with E-state index in [9.17, 15) is 8.42 Å². The zero-order chi connectivity index (χ0) is 13.9. The largest absolute Gasteiger partial charge is 0.384 e. The van der Waals surface area contributed by atoms with Crippen LogP contribution in [0.25, 0.3) is 0 Å². The number of hydrogen-bond acceptors (Lipinski definition) is 3. The first-order valence-electron chi connectivity index (χ1n) is 6.24. The lowest BCUT2D eigenvalue weighted by molar-refractivity contribution is 0.350. The molecule has 19 heavy (non-hydrogen) atoms. The quantitative estimate of drug-likeness (QED) is 0.813. The Morgan fingerprint density at radius 3 is 2.53 bits per heavy atom. The molecule has 0 amide bonds. The first kappa shape index (κ1) is 14.1. The number of aliphatic hydroxyl groups excluding tert-OH is 1. The third-order valence-corrected chi connectivity index (χ3v) is 5.06. The Hall–Kier alpha value is -1.35. The monoisotopic (exact) mass is 279 g/mol. The van der Waals surface area contributed by atoms with Gasteiger partial charge < -0.3 is 5.11 Å². The number of hydrogen-bond donors (Lipinski definition) is 2. The summed E-state index contributed by atoms with van der Waals surface area (Å²) in [4.78, 5) is 0. The molecular weight excluding hydrogens is 262 g/mol. The van der Waals surface area contributed by atoms with Crippen LogP contribution in [0.4, 0.5) is 0 Å². The van der Waals surface area contributed by atoms with Crippen LogP contribution in [-0.2, 0) is 10.0 Å². The highest BCUT2D eigenvalue weighted by Gasteiger charge is 2.36. The van der Waals surface area contributed by atoms with Crippen molar-refractivity contribution in [2.75, 3.05) is 6.61 Å². The van der Waals surface area contributed by atoms with E-state index in [1.165, 1.54) is 0 Å². The van der Waals surface area contributed by atoms with Crippen LogP contribution in [0.2, 0.25) is 0 Å². The second-order valence-electron chi connectivity index (χ2n) is 4.67. The van der Waals surface area contributed by atoms with Crippen molar-refractivity contribution in [3.63, 3.8) is 0 Å². The zero-order valence-electron chi connectivity index (χ0n) is 10.8. The van der Waals surface area contributed by atoms with Gasteiger partial charge in [-0.3, -0.25) is 0 Å². The third kappa shape index (κ3) is 3.80. The van der Waals surface area contributed by atoms with Crippen molar-refractivity contribution in [2.45, 2.75) is 31.1 Å². The van der Waals surface area contributed by atoms with Gasteiger partial charge in [0.2, 0.25) is 10.0 Å². The second kappa shape index (κ2) is 5.74. The van der Waals surface area contributed by atoms with Gasteiger partial charge in [0.1, 0.15) is 6.61 Å². The molecular formula is C14H17NO3S. The summed E-state index contributed by atoms with van der Waals surface area (Å²) in [6, 6.07) is 7.09. The van der Waals surface area contributed by atoms with E-state index >= 15 is 0 Å². The lowest BCUT2D eigenvalue weighted by Gasteiger charge is -2.14. The molecule has 0 heterocycles. The average Bonchev–Trinajstić information content (AvgIpc) is 3.21. The van der Waals surface area contributed by atoms with E-state index in [0.29, 0.717) is 0 Å². The molecule has 0 aromatic heterocycles. The SMILES string of the molecule is CC(NS(=O)(=O)C1CC1)c1ccc(C#CCO)cc1. The van der Waals surface area contributed by atoms with Crippen LogP contribution in [0, 0.1) is 11.8 Å². The van der Waals surface area contributed by atoms with Gasteiger partial charge in [-0.05, 0) is 37.5 Å². The van der Waals surface area contributed by atoms with Crippen molar-refractivity contribution in [3.05, 3.63) is 35.4 Å². The van der Waals surface area contributed by atoms with Gasteiger partial charge in [0.05, 0.1) is 5.25 Å². The Bertz CT molecular complexity index is 592. The highest BCUT2D eigenvalue weighted by atomic mass is 32.2. The Kier molecular flexibility index (Phi) is 4.25. The molecule has 1 fully saturated rings. The summed E-state index contributed by atoms with van der Waals surface area (Å²) >= 11 is 0. The Morgan fingerprint density at radius 2 is 2.00 bits per heavy atom. The fourth-order valence-corrected chi connectivity index (χ4v) is 3.36.